The first-order chi connectivity index (χ1) is 6.36. The van der Waals surface area contributed by atoms with Gasteiger partial charge in [0.05, 0.1) is 0 Å². The average Bonchev–Trinajstić information content (AvgIpc) is 2.19. The zero-order valence-electron chi connectivity index (χ0n) is 7.43. The highest BCUT2D eigenvalue weighted by molar-refractivity contribution is 7.99. The highest BCUT2D eigenvalue weighted by Gasteiger charge is 1.97. The van der Waals surface area contributed by atoms with Gasteiger partial charge in [0.25, 0.3) is 0 Å². The van der Waals surface area contributed by atoms with Crippen LogP contribution in [0.3, 0.4) is 0 Å². The van der Waals surface area contributed by atoms with Crippen molar-refractivity contribution >= 4 is 23.5 Å². The SMILES string of the molecule is CSc1cc(SCCCO)ncn1. The minimum absolute atomic E-state index is 0.244. The van der Waals surface area contributed by atoms with Gasteiger partial charge in [-0.1, -0.05) is 0 Å². The van der Waals surface area contributed by atoms with Crippen LogP contribution < -0.4 is 0 Å². The van der Waals surface area contributed by atoms with E-state index in [4.69, 9.17) is 5.11 Å². The minimum Gasteiger partial charge on any atom is -0.396 e. The zero-order valence-corrected chi connectivity index (χ0v) is 9.07. The van der Waals surface area contributed by atoms with Crippen molar-refractivity contribution < 1.29 is 5.11 Å². The quantitative estimate of drug-likeness (QED) is 0.461. The van der Waals surface area contributed by atoms with E-state index in [1.54, 1.807) is 29.9 Å². The van der Waals surface area contributed by atoms with E-state index in [9.17, 15) is 0 Å². The number of thioether (sulfide) groups is 2. The number of aliphatic hydroxyl groups excluding tert-OH is 1. The molecular formula is C8H12N2OS2. The summed E-state index contributed by atoms with van der Waals surface area (Å²) in [6.45, 7) is 0.244. The molecule has 13 heavy (non-hydrogen) atoms. The van der Waals surface area contributed by atoms with Gasteiger partial charge < -0.3 is 5.11 Å². The Bertz CT molecular complexity index is 258. The normalized spacial score (nSPS) is 10.3. The van der Waals surface area contributed by atoms with E-state index in [2.05, 4.69) is 9.97 Å². The van der Waals surface area contributed by atoms with Gasteiger partial charge >= 0.3 is 0 Å². The first-order valence-corrected chi connectivity index (χ1v) is 6.17. The zero-order chi connectivity index (χ0) is 9.52. The van der Waals surface area contributed by atoms with E-state index < -0.39 is 0 Å². The van der Waals surface area contributed by atoms with E-state index in [0.29, 0.717) is 0 Å². The molecule has 1 aromatic rings. The van der Waals surface area contributed by atoms with Gasteiger partial charge in [0.2, 0.25) is 0 Å². The van der Waals surface area contributed by atoms with Crippen LogP contribution in [0.2, 0.25) is 0 Å². The Labute approximate surface area is 86.4 Å². The predicted octanol–water partition coefficient (Wildman–Crippen LogP) is 1.67. The van der Waals surface area contributed by atoms with Gasteiger partial charge in [-0.25, -0.2) is 9.97 Å². The number of hydrogen-bond acceptors (Lipinski definition) is 5. The van der Waals surface area contributed by atoms with Crippen LogP contribution in [0.25, 0.3) is 0 Å². The summed E-state index contributed by atoms with van der Waals surface area (Å²) in [7, 11) is 0. The summed E-state index contributed by atoms with van der Waals surface area (Å²) in [5.74, 6) is 0.904. The molecule has 0 radical (unpaired) electrons. The van der Waals surface area contributed by atoms with Crippen LogP contribution in [-0.2, 0) is 0 Å². The van der Waals surface area contributed by atoms with Gasteiger partial charge in [0.1, 0.15) is 16.4 Å². The standard InChI is InChI=1S/C8H12N2OS2/c1-12-7-5-8(10-6-9-7)13-4-2-3-11/h5-6,11H,2-4H2,1H3. The van der Waals surface area contributed by atoms with Crippen molar-refractivity contribution in [1.29, 1.82) is 0 Å². The highest BCUT2D eigenvalue weighted by atomic mass is 32.2. The second-order valence-corrected chi connectivity index (χ2v) is 4.27. The number of nitrogens with zero attached hydrogens (tertiary/aromatic N) is 2. The Hall–Kier alpha value is -0.260. The molecule has 1 aromatic heterocycles. The third kappa shape index (κ3) is 3.97. The lowest BCUT2D eigenvalue weighted by Gasteiger charge is -2.00. The number of aliphatic hydroxyl groups is 1. The van der Waals surface area contributed by atoms with Crippen LogP contribution in [0.5, 0.6) is 0 Å². The van der Waals surface area contributed by atoms with E-state index in [1.165, 1.54) is 0 Å². The molecule has 0 amide bonds. The van der Waals surface area contributed by atoms with Crippen molar-refractivity contribution in [3.8, 4) is 0 Å². The van der Waals surface area contributed by atoms with E-state index >= 15 is 0 Å². The molecule has 5 heteroatoms. The van der Waals surface area contributed by atoms with E-state index in [-0.39, 0.29) is 6.61 Å². The summed E-state index contributed by atoms with van der Waals surface area (Å²) in [6, 6.07) is 1.96. The Morgan fingerprint density at radius 2 is 2.15 bits per heavy atom. The summed E-state index contributed by atoms with van der Waals surface area (Å²) in [4.78, 5) is 8.19. The van der Waals surface area contributed by atoms with Gasteiger partial charge in [0, 0.05) is 18.4 Å². The molecule has 3 nitrogen and oxygen atoms in total. The summed E-state index contributed by atoms with van der Waals surface area (Å²) in [6.07, 6.45) is 4.38. The molecule has 0 fully saturated rings. The molecule has 0 unspecified atom stereocenters. The fourth-order valence-electron chi connectivity index (χ4n) is 0.755. The van der Waals surface area contributed by atoms with Crippen molar-refractivity contribution in [3.05, 3.63) is 12.4 Å². The Morgan fingerprint density at radius 1 is 1.38 bits per heavy atom. The van der Waals surface area contributed by atoms with Crippen LogP contribution in [0.1, 0.15) is 6.42 Å². The summed E-state index contributed by atoms with van der Waals surface area (Å²) < 4.78 is 0. The van der Waals surface area contributed by atoms with Crippen molar-refractivity contribution in [3.63, 3.8) is 0 Å². The maximum absolute atomic E-state index is 8.59. The highest BCUT2D eigenvalue weighted by Crippen LogP contribution is 2.19. The molecule has 0 atom stereocenters. The fourth-order valence-corrected chi connectivity index (χ4v) is 2.01. The molecule has 1 N–H and O–H groups in total. The molecular weight excluding hydrogens is 204 g/mol. The third-order valence-corrected chi connectivity index (χ3v) is 3.03. The topological polar surface area (TPSA) is 46.0 Å². The van der Waals surface area contributed by atoms with Gasteiger partial charge in [-0.2, -0.15) is 0 Å². The van der Waals surface area contributed by atoms with Gasteiger partial charge in [-0.15, -0.1) is 23.5 Å². The molecule has 72 valence electrons. The monoisotopic (exact) mass is 216 g/mol. The van der Waals surface area contributed by atoms with Crippen LogP contribution in [-0.4, -0.2) is 33.7 Å². The Balaban J connectivity index is 2.46. The lowest BCUT2D eigenvalue weighted by Crippen LogP contribution is -1.89. The number of rotatable bonds is 5. The van der Waals surface area contributed by atoms with Crippen molar-refractivity contribution in [2.45, 2.75) is 16.5 Å². The minimum atomic E-state index is 0.244. The molecule has 0 spiro atoms. The average molecular weight is 216 g/mol. The maximum atomic E-state index is 8.59. The van der Waals surface area contributed by atoms with Crippen molar-refractivity contribution in [1.82, 2.24) is 9.97 Å². The van der Waals surface area contributed by atoms with Gasteiger partial charge in [-0.05, 0) is 12.7 Å². The maximum Gasteiger partial charge on any atom is 0.117 e. The predicted molar refractivity (Wildman–Crippen MR) is 56.2 cm³/mol. The molecule has 0 aromatic carbocycles. The van der Waals surface area contributed by atoms with Crippen LogP contribution in [0.15, 0.2) is 22.4 Å². The lowest BCUT2D eigenvalue weighted by molar-refractivity contribution is 0.296. The Kier molecular flexibility index (Phi) is 5.19. The van der Waals surface area contributed by atoms with Crippen LogP contribution >= 0.6 is 23.5 Å². The third-order valence-electron chi connectivity index (χ3n) is 1.38. The van der Waals surface area contributed by atoms with Crippen molar-refractivity contribution in [2.75, 3.05) is 18.6 Å². The van der Waals surface area contributed by atoms with E-state index in [0.717, 1.165) is 22.2 Å². The summed E-state index contributed by atoms with van der Waals surface area (Å²) in [5, 5.41) is 10.6. The first kappa shape index (κ1) is 10.8. The van der Waals surface area contributed by atoms with Gasteiger partial charge in [-0.3, -0.25) is 0 Å². The molecule has 0 saturated heterocycles. The van der Waals surface area contributed by atoms with Crippen molar-refractivity contribution in [2.24, 2.45) is 0 Å². The lowest BCUT2D eigenvalue weighted by atomic mass is 10.5. The van der Waals surface area contributed by atoms with Crippen LogP contribution in [0, 0.1) is 0 Å². The molecule has 0 bridgehead atoms. The number of aromatic nitrogens is 2. The second-order valence-electron chi connectivity index (χ2n) is 2.32. The van der Waals surface area contributed by atoms with Crippen LogP contribution in [0.4, 0.5) is 0 Å². The molecule has 0 aliphatic heterocycles. The van der Waals surface area contributed by atoms with E-state index in [1.807, 2.05) is 12.3 Å². The molecule has 1 rings (SSSR count). The fraction of sp³-hybridized carbons (Fsp3) is 0.500. The molecule has 0 aliphatic rings. The largest absolute Gasteiger partial charge is 0.396 e. The summed E-state index contributed by atoms with van der Waals surface area (Å²) >= 11 is 3.26. The molecule has 0 aliphatic carbocycles. The smallest absolute Gasteiger partial charge is 0.117 e. The molecule has 0 saturated carbocycles. The second kappa shape index (κ2) is 6.23. The van der Waals surface area contributed by atoms with Gasteiger partial charge in [0.15, 0.2) is 0 Å². The first-order valence-electron chi connectivity index (χ1n) is 3.96. The Morgan fingerprint density at radius 3 is 2.85 bits per heavy atom. The summed E-state index contributed by atoms with van der Waals surface area (Å²) in [5.41, 5.74) is 0. The number of hydrogen-bond donors (Lipinski definition) is 1. The molecule has 1 heterocycles.